The summed E-state index contributed by atoms with van der Waals surface area (Å²) in [7, 11) is 1.35. The number of esters is 1. The minimum atomic E-state index is -0.464. The Morgan fingerprint density at radius 3 is 2.67 bits per heavy atom. The van der Waals surface area contributed by atoms with Crippen LogP contribution >= 0.6 is 0 Å². The molecule has 5 rings (SSSR count). The fourth-order valence-corrected chi connectivity index (χ4v) is 4.12. The Morgan fingerprint density at radius 1 is 1.12 bits per heavy atom. The first-order valence-electron chi connectivity index (χ1n) is 8.13. The number of ketones is 1. The molecule has 1 aliphatic heterocycles. The van der Waals surface area contributed by atoms with Gasteiger partial charge in [-0.15, -0.1) is 0 Å². The van der Waals surface area contributed by atoms with Gasteiger partial charge < -0.3 is 9.30 Å². The third-order valence-corrected chi connectivity index (χ3v) is 5.17. The van der Waals surface area contributed by atoms with Crippen molar-refractivity contribution in [2.24, 2.45) is 0 Å². The summed E-state index contributed by atoms with van der Waals surface area (Å²) in [6.45, 7) is 0. The number of carbonyl (C=O) groups is 2. The minimum absolute atomic E-state index is 0.0868. The summed E-state index contributed by atoms with van der Waals surface area (Å²) in [4.78, 5) is 25.4. The van der Waals surface area contributed by atoms with E-state index in [1.165, 1.54) is 18.2 Å². The van der Waals surface area contributed by atoms with E-state index in [1.54, 1.807) is 0 Å². The van der Waals surface area contributed by atoms with Gasteiger partial charge in [0, 0.05) is 10.9 Å². The van der Waals surface area contributed by atoms with Crippen molar-refractivity contribution in [3.8, 4) is 5.69 Å². The number of benzene rings is 2. The highest BCUT2D eigenvalue weighted by Gasteiger charge is 2.36. The maximum atomic E-state index is 13.1. The van der Waals surface area contributed by atoms with Crippen LogP contribution in [0.5, 0.6) is 0 Å². The maximum Gasteiger partial charge on any atom is 0.340 e. The molecule has 0 saturated carbocycles. The van der Waals surface area contributed by atoms with Crippen molar-refractivity contribution in [2.75, 3.05) is 7.11 Å². The first kappa shape index (κ1) is 13.5. The highest BCUT2D eigenvalue weighted by atomic mass is 16.5. The van der Waals surface area contributed by atoms with Crippen LogP contribution < -0.4 is 0 Å². The number of hydrogen-bond donors (Lipinski definition) is 0. The average molecular weight is 317 g/mol. The fourth-order valence-electron chi connectivity index (χ4n) is 4.12. The van der Waals surface area contributed by atoms with E-state index in [2.05, 4.69) is 6.07 Å². The Hall–Kier alpha value is -2.88. The van der Waals surface area contributed by atoms with Gasteiger partial charge in [0.2, 0.25) is 5.78 Å². The van der Waals surface area contributed by atoms with Crippen LogP contribution in [0.3, 0.4) is 0 Å². The molecule has 0 bridgehead atoms. The number of ether oxygens (including phenoxy) is 1. The minimum Gasteiger partial charge on any atom is -0.465 e. The van der Waals surface area contributed by atoms with Crippen LogP contribution in [0.15, 0.2) is 36.4 Å². The molecule has 2 aliphatic rings. The molecule has 3 aromatic rings. The van der Waals surface area contributed by atoms with Crippen molar-refractivity contribution < 1.29 is 14.3 Å². The summed E-state index contributed by atoms with van der Waals surface area (Å²) >= 11 is 0. The quantitative estimate of drug-likeness (QED) is 0.505. The third-order valence-electron chi connectivity index (χ3n) is 5.17. The van der Waals surface area contributed by atoms with E-state index in [1.807, 2.05) is 34.9 Å². The standard InChI is InChI=1S/C20H15NO3/c1-24-20(23)17-13-7-2-3-8-15(13)21-16-10-12-6-4-5-11(12)9-14(16)19(22)18(17)21/h2-3,7-10H,4-6H2,1H3. The van der Waals surface area contributed by atoms with E-state index in [0.717, 1.165) is 35.9 Å². The Kier molecular flexibility index (Phi) is 2.58. The molecule has 0 saturated heterocycles. The zero-order valence-corrected chi connectivity index (χ0v) is 13.3. The summed E-state index contributed by atoms with van der Waals surface area (Å²) in [5.74, 6) is -0.551. The molecule has 24 heavy (non-hydrogen) atoms. The highest BCUT2D eigenvalue weighted by Crippen LogP contribution is 2.40. The van der Waals surface area contributed by atoms with Gasteiger partial charge in [-0.1, -0.05) is 18.2 Å². The molecule has 4 nitrogen and oxygen atoms in total. The molecule has 0 spiro atoms. The van der Waals surface area contributed by atoms with Crippen molar-refractivity contribution in [2.45, 2.75) is 19.3 Å². The Balaban J connectivity index is 1.91. The molecule has 2 aromatic carbocycles. The van der Waals surface area contributed by atoms with Gasteiger partial charge in [-0.3, -0.25) is 4.79 Å². The molecular weight excluding hydrogens is 302 g/mol. The lowest BCUT2D eigenvalue weighted by molar-refractivity contribution is 0.0600. The molecule has 1 aromatic heterocycles. The molecule has 0 unspecified atom stereocenters. The normalized spacial score (nSPS) is 14.6. The molecular formula is C20H15NO3. The van der Waals surface area contributed by atoms with Crippen LogP contribution in [0.25, 0.3) is 16.6 Å². The molecule has 0 fully saturated rings. The van der Waals surface area contributed by atoms with Crippen molar-refractivity contribution in [1.82, 2.24) is 4.57 Å². The van der Waals surface area contributed by atoms with Crippen LogP contribution in [0, 0.1) is 0 Å². The monoisotopic (exact) mass is 317 g/mol. The van der Waals surface area contributed by atoms with Gasteiger partial charge in [-0.2, -0.15) is 0 Å². The first-order valence-corrected chi connectivity index (χ1v) is 8.13. The number of carbonyl (C=O) groups excluding carboxylic acids is 2. The molecule has 118 valence electrons. The Morgan fingerprint density at radius 2 is 1.88 bits per heavy atom. The zero-order valence-electron chi connectivity index (χ0n) is 13.3. The van der Waals surface area contributed by atoms with Gasteiger partial charge in [0.1, 0.15) is 5.69 Å². The van der Waals surface area contributed by atoms with Gasteiger partial charge in [0.15, 0.2) is 0 Å². The molecule has 0 atom stereocenters. The van der Waals surface area contributed by atoms with Crippen LogP contribution in [0.2, 0.25) is 0 Å². The summed E-state index contributed by atoms with van der Waals surface area (Å²) < 4.78 is 6.88. The molecule has 0 amide bonds. The second-order valence-corrected chi connectivity index (χ2v) is 6.39. The van der Waals surface area contributed by atoms with E-state index >= 15 is 0 Å². The number of aryl methyl sites for hydroxylation is 2. The number of nitrogens with zero attached hydrogens (tertiary/aromatic N) is 1. The van der Waals surface area contributed by atoms with Gasteiger partial charge in [-0.05, 0) is 48.6 Å². The van der Waals surface area contributed by atoms with E-state index in [-0.39, 0.29) is 5.78 Å². The number of methoxy groups -OCH3 is 1. The molecule has 2 heterocycles. The first-order chi connectivity index (χ1) is 11.7. The fraction of sp³-hybridized carbons (Fsp3) is 0.200. The van der Waals surface area contributed by atoms with Crippen LogP contribution in [0.1, 0.15) is 44.0 Å². The zero-order chi connectivity index (χ0) is 16.4. The Bertz CT molecular complexity index is 1060. The lowest BCUT2D eigenvalue weighted by Gasteiger charge is -2.07. The van der Waals surface area contributed by atoms with E-state index in [9.17, 15) is 9.59 Å². The van der Waals surface area contributed by atoms with Gasteiger partial charge in [-0.25, -0.2) is 4.79 Å². The Labute approximate surface area is 138 Å². The second kappa shape index (κ2) is 4.57. The SMILES string of the molecule is COC(=O)c1c2n(c3ccccc13)-c1cc3c(cc1C2=O)CCC3. The van der Waals surface area contributed by atoms with Crippen molar-refractivity contribution in [3.05, 3.63) is 64.3 Å². The smallest absolute Gasteiger partial charge is 0.340 e. The van der Waals surface area contributed by atoms with Gasteiger partial charge in [0.05, 0.1) is 23.9 Å². The van der Waals surface area contributed by atoms with Crippen molar-refractivity contribution in [3.63, 3.8) is 0 Å². The number of hydrogen-bond acceptors (Lipinski definition) is 3. The van der Waals surface area contributed by atoms with Crippen LogP contribution in [-0.2, 0) is 17.6 Å². The maximum absolute atomic E-state index is 13.1. The molecule has 0 N–H and O–H groups in total. The van der Waals surface area contributed by atoms with E-state index < -0.39 is 5.97 Å². The molecule has 4 heteroatoms. The van der Waals surface area contributed by atoms with Gasteiger partial charge >= 0.3 is 5.97 Å². The number of aromatic nitrogens is 1. The second-order valence-electron chi connectivity index (χ2n) is 6.39. The predicted octanol–water partition coefficient (Wildman–Crippen LogP) is 3.45. The number of para-hydroxylation sites is 1. The van der Waals surface area contributed by atoms with E-state index in [4.69, 9.17) is 4.74 Å². The summed E-state index contributed by atoms with van der Waals surface area (Å²) in [6.07, 6.45) is 3.21. The van der Waals surface area contributed by atoms with Crippen LogP contribution in [-0.4, -0.2) is 23.4 Å². The van der Waals surface area contributed by atoms with Crippen molar-refractivity contribution in [1.29, 1.82) is 0 Å². The summed E-state index contributed by atoms with van der Waals surface area (Å²) in [6, 6.07) is 11.8. The lowest BCUT2D eigenvalue weighted by Crippen LogP contribution is -2.08. The molecule has 0 radical (unpaired) electrons. The van der Waals surface area contributed by atoms with Crippen LogP contribution in [0.4, 0.5) is 0 Å². The predicted molar refractivity (Wildman–Crippen MR) is 90.1 cm³/mol. The van der Waals surface area contributed by atoms with E-state index in [0.29, 0.717) is 16.8 Å². The topological polar surface area (TPSA) is 48.3 Å². The largest absolute Gasteiger partial charge is 0.465 e. The number of rotatable bonds is 1. The summed E-state index contributed by atoms with van der Waals surface area (Å²) in [5.41, 5.74) is 5.83. The highest BCUT2D eigenvalue weighted by molar-refractivity contribution is 6.24. The average Bonchev–Trinajstić information content (AvgIpc) is 3.26. The van der Waals surface area contributed by atoms with Crippen molar-refractivity contribution >= 4 is 22.7 Å². The third kappa shape index (κ3) is 1.53. The van der Waals surface area contributed by atoms with Gasteiger partial charge in [0.25, 0.3) is 0 Å². The number of fused-ring (bicyclic) bond motifs is 6. The lowest BCUT2D eigenvalue weighted by atomic mass is 10.00. The molecule has 1 aliphatic carbocycles. The summed E-state index contributed by atoms with van der Waals surface area (Å²) in [5, 5.41) is 0.763.